The number of furan rings is 1. The average molecular weight is 371 g/mol. The zero-order valence-electron chi connectivity index (χ0n) is 17.7. The first-order valence-electron chi connectivity index (χ1n) is 9.99. The second-order valence-electron chi connectivity index (χ2n) is 7.97. The molecule has 0 N–H and O–H groups in total. The van der Waals surface area contributed by atoms with Gasteiger partial charge in [-0.25, -0.2) is 0 Å². The van der Waals surface area contributed by atoms with Crippen molar-refractivity contribution >= 4 is 5.91 Å². The van der Waals surface area contributed by atoms with Crippen molar-refractivity contribution in [2.75, 3.05) is 33.2 Å². The summed E-state index contributed by atoms with van der Waals surface area (Å²) in [6, 6.07) is 11.7. The number of benzene rings is 1. The van der Waals surface area contributed by atoms with Gasteiger partial charge in [0.15, 0.2) is 0 Å². The Bertz CT molecular complexity index is 731. The maximum Gasteiger partial charge on any atom is 0.253 e. The molecule has 4 nitrogen and oxygen atoms in total. The number of aryl methyl sites for hydroxylation is 1. The summed E-state index contributed by atoms with van der Waals surface area (Å²) >= 11 is 0. The molecule has 0 aliphatic carbocycles. The molecule has 0 saturated carbocycles. The first-order chi connectivity index (χ1) is 12.8. The highest BCUT2D eigenvalue weighted by Crippen LogP contribution is 2.25. The van der Waals surface area contributed by atoms with Crippen molar-refractivity contribution in [1.29, 1.82) is 0 Å². The Kier molecular flexibility index (Phi) is 7.25. The van der Waals surface area contributed by atoms with Crippen molar-refractivity contribution in [3.05, 3.63) is 47.7 Å². The molecule has 1 saturated heterocycles. The van der Waals surface area contributed by atoms with E-state index in [1.807, 2.05) is 62.1 Å². The van der Waals surface area contributed by atoms with Crippen LogP contribution in [0.3, 0.4) is 0 Å². The van der Waals surface area contributed by atoms with Crippen LogP contribution in [0.5, 0.6) is 0 Å². The van der Waals surface area contributed by atoms with Gasteiger partial charge in [0.05, 0.1) is 0 Å². The molecule has 1 amide bonds. The van der Waals surface area contributed by atoms with E-state index in [1.54, 1.807) is 0 Å². The maximum atomic E-state index is 13.0. The van der Waals surface area contributed by atoms with E-state index >= 15 is 0 Å². The van der Waals surface area contributed by atoms with Crippen LogP contribution in [0.4, 0.5) is 0 Å². The number of carbonyl (C=O) groups is 1. The van der Waals surface area contributed by atoms with Gasteiger partial charge in [0.1, 0.15) is 11.5 Å². The third-order valence-corrected chi connectivity index (χ3v) is 4.73. The van der Waals surface area contributed by atoms with Crippen LogP contribution in [-0.4, -0.2) is 48.9 Å². The molecule has 1 aromatic carbocycles. The quantitative estimate of drug-likeness (QED) is 0.739. The highest BCUT2D eigenvalue weighted by atomic mass is 16.3. The highest BCUT2D eigenvalue weighted by Gasteiger charge is 2.28. The van der Waals surface area contributed by atoms with E-state index < -0.39 is 0 Å². The summed E-state index contributed by atoms with van der Waals surface area (Å²) in [4.78, 5) is 17.4. The molecule has 27 heavy (non-hydrogen) atoms. The Hall–Kier alpha value is -2.07. The minimum Gasteiger partial charge on any atom is -0.461 e. The van der Waals surface area contributed by atoms with Crippen LogP contribution >= 0.6 is 0 Å². The van der Waals surface area contributed by atoms with Gasteiger partial charge in [0.25, 0.3) is 5.91 Å². The highest BCUT2D eigenvalue weighted by molar-refractivity contribution is 5.94. The smallest absolute Gasteiger partial charge is 0.253 e. The molecule has 1 fully saturated rings. The molecule has 1 aliphatic heterocycles. The molecule has 0 radical (unpaired) electrons. The Morgan fingerprint density at radius 1 is 1.00 bits per heavy atom. The fraction of sp³-hybridized carbons (Fsp3) is 0.522. The lowest BCUT2D eigenvalue weighted by molar-refractivity contribution is 0.0583. The first kappa shape index (κ1) is 21.2. The summed E-state index contributed by atoms with van der Waals surface area (Å²) in [7, 11) is 2.16. The van der Waals surface area contributed by atoms with E-state index in [0.29, 0.717) is 0 Å². The number of amides is 1. The van der Waals surface area contributed by atoms with Gasteiger partial charge in [-0.3, -0.25) is 4.79 Å². The van der Waals surface area contributed by atoms with Crippen LogP contribution in [0.15, 0.2) is 40.8 Å². The number of carbonyl (C=O) groups excluding carboxylic acids is 1. The molecule has 2 aromatic rings. The van der Waals surface area contributed by atoms with Crippen LogP contribution in [0.1, 0.15) is 50.2 Å². The standard InChI is InChI=1S/C21H28N2O2.C2H6/c1-16-6-11-19(25-16)17-7-9-18(10-8-17)20(24)23-13-5-12-22(4)14-21(2,3)15-23;1-2/h6-11H,5,12-15H2,1-4H3;1-2H3. The van der Waals surface area contributed by atoms with E-state index in [0.717, 1.165) is 55.2 Å². The molecular weight excluding hydrogens is 336 g/mol. The van der Waals surface area contributed by atoms with Crippen molar-refractivity contribution < 1.29 is 9.21 Å². The minimum absolute atomic E-state index is 0.0937. The van der Waals surface area contributed by atoms with Gasteiger partial charge in [-0.2, -0.15) is 0 Å². The number of nitrogens with zero attached hydrogens (tertiary/aromatic N) is 2. The summed E-state index contributed by atoms with van der Waals surface area (Å²) in [6.45, 7) is 14.0. The second-order valence-corrected chi connectivity index (χ2v) is 7.97. The van der Waals surface area contributed by atoms with Crippen LogP contribution < -0.4 is 0 Å². The van der Waals surface area contributed by atoms with Gasteiger partial charge in [0.2, 0.25) is 0 Å². The van der Waals surface area contributed by atoms with Crippen molar-refractivity contribution in [3.63, 3.8) is 0 Å². The van der Waals surface area contributed by atoms with Crippen LogP contribution in [-0.2, 0) is 0 Å². The summed E-state index contributed by atoms with van der Waals surface area (Å²) < 4.78 is 5.65. The Morgan fingerprint density at radius 2 is 1.67 bits per heavy atom. The lowest BCUT2D eigenvalue weighted by Gasteiger charge is -2.38. The van der Waals surface area contributed by atoms with E-state index in [-0.39, 0.29) is 11.3 Å². The Balaban J connectivity index is 0.00000126. The van der Waals surface area contributed by atoms with Crippen molar-refractivity contribution in [2.45, 2.75) is 41.0 Å². The molecule has 1 aromatic heterocycles. The van der Waals surface area contributed by atoms with Gasteiger partial charge in [-0.1, -0.05) is 39.8 Å². The van der Waals surface area contributed by atoms with Crippen molar-refractivity contribution in [1.82, 2.24) is 9.80 Å². The monoisotopic (exact) mass is 370 g/mol. The van der Waals surface area contributed by atoms with E-state index in [9.17, 15) is 4.79 Å². The fourth-order valence-corrected chi connectivity index (χ4v) is 3.71. The lowest BCUT2D eigenvalue weighted by Crippen LogP contribution is -2.47. The summed E-state index contributed by atoms with van der Waals surface area (Å²) in [5, 5.41) is 0. The molecule has 0 unspecified atom stereocenters. The van der Waals surface area contributed by atoms with Gasteiger partial charge in [-0.05, 0) is 56.6 Å². The van der Waals surface area contributed by atoms with Crippen LogP contribution in [0, 0.1) is 12.3 Å². The molecule has 4 heteroatoms. The summed E-state index contributed by atoms with van der Waals surface area (Å²) in [5.41, 5.74) is 1.84. The lowest BCUT2D eigenvalue weighted by atomic mass is 9.90. The molecular formula is C23H34N2O2. The van der Waals surface area contributed by atoms with Gasteiger partial charge in [0, 0.05) is 30.8 Å². The molecule has 0 spiro atoms. The minimum atomic E-state index is 0.0937. The van der Waals surface area contributed by atoms with E-state index in [4.69, 9.17) is 4.42 Å². The third kappa shape index (κ3) is 5.70. The molecule has 0 atom stereocenters. The molecule has 0 bridgehead atoms. The molecule has 3 rings (SSSR count). The molecule has 148 valence electrons. The zero-order valence-corrected chi connectivity index (χ0v) is 17.7. The van der Waals surface area contributed by atoms with Gasteiger partial charge < -0.3 is 14.2 Å². The SMILES string of the molecule is CC.Cc1ccc(-c2ccc(C(=O)N3CCCN(C)CC(C)(C)C3)cc2)o1. The summed E-state index contributed by atoms with van der Waals surface area (Å²) in [6.07, 6.45) is 1.02. The van der Waals surface area contributed by atoms with Gasteiger partial charge >= 0.3 is 0 Å². The van der Waals surface area contributed by atoms with Crippen molar-refractivity contribution in [2.24, 2.45) is 5.41 Å². The molecule has 2 heterocycles. The van der Waals surface area contributed by atoms with Crippen LogP contribution in [0.25, 0.3) is 11.3 Å². The largest absolute Gasteiger partial charge is 0.461 e. The number of rotatable bonds is 2. The Morgan fingerprint density at radius 3 is 2.26 bits per heavy atom. The zero-order chi connectivity index (χ0) is 20.0. The predicted octanol–water partition coefficient (Wildman–Crippen LogP) is 5.09. The molecule has 1 aliphatic rings. The second kappa shape index (κ2) is 9.23. The third-order valence-electron chi connectivity index (χ3n) is 4.73. The maximum absolute atomic E-state index is 13.0. The van der Waals surface area contributed by atoms with E-state index in [1.165, 1.54) is 0 Å². The fourth-order valence-electron chi connectivity index (χ4n) is 3.71. The summed E-state index contributed by atoms with van der Waals surface area (Å²) in [5.74, 6) is 1.86. The van der Waals surface area contributed by atoms with E-state index in [2.05, 4.69) is 25.8 Å². The normalized spacial score (nSPS) is 17.5. The number of hydrogen-bond donors (Lipinski definition) is 0. The average Bonchev–Trinajstić information content (AvgIpc) is 3.07. The predicted molar refractivity (Wildman–Crippen MR) is 112 cm³/mol. The number of hydrogen-bond acceptors (Lipinski definition) is 3. The topological polar surface area (TPSA) is 36.7 Å². The Labute approximate surface area is 164 Å². The van der Waals surface area contributed by atoms with Crippen LogP contribution in [0.2, 0.25) is 0 Å². The first-order valence-corrected chi connectivity index (χ1v) is 9.99. The van der Waals surface area contributed by atoms with Crippen molar-refractivity contribution in [3.8, 4) is 11.3 Å². The van der Waals surface area contributed by atoms with Gasteiger partial charge in [-0.15, -0.1) is 0 Å².